The van der Waals surface area contributed by atoms with Crippen molar-refractivity contribution in [3.8, 4) is 5.75 Å². The van der Waals surface area contributed by atoms with Gasteiger partial charge < -0.3 is 10.1 Å². The van der Waals surface area contributed by atoms with Gasteiger partial charge >= 0.3 is 0 Å². The maximum atomic E-state index is 13.0. The van der Waals surface area contributed by atoms with Crippen molar-refractivity contribution in [3.63, 3.8) is 0 Å². The van der Waals surface area contributed by atoms with Crippen LogP contribution in [0.25, 0.3) is 0 Å². The smallest absolute Gasteiger partial charge is 0.224 e. The van der Waals surface area contributed by atoms with E-state index in [1.54, 1.807) is 0 Å². The number of hydrogen-bond acceptors (Lipinski definition) is 3. The summed E-state index contributed by atoms with van der Waals surface area (Å²) in [5, 5.41) is 3.23. The van der Waals surface area contributed by atoms with E-state index in [1.807, 2.05) is 18.2 Å². The number of halogens is 1. The summed E-state index contributed by atoms with van der Waals surface area (Å²) < 4.78 is 6.06. The van der Waals surface area contributed by atoms with Gasteiger partial charge in [-0.2, -0.15) is 0 Å². The zero-order valence-corrected chi connectivity index (χ0v) is 19.1. The third-order valence-corrected chi connectivity index (χ3v) is 8.12. The van der Waals surface area contributed by atoms with Crippen LogP contribution in [0.3, 0.4) is 0 Å². The van der Waals surface area contributed by atoms with Crippen LogP contribution in [0.5, 0.6) is 5.75 Å². The lowest BCUT2D eigenvalue weighted by Gasteiger charge is -2.56. The molecule has 6 rings (SSSR count). The van der Waals surface area contributed by atoms with E-state index in [0.29, 0.717) is 13.0 Å². The second-order valence-corrected chi connectivity index (χ2v) is 10.5. The second-order valence-electron chi connectivity index (χ2n) is 10.5. The molecule has 5 aliphatic rings. The van der Waals surface area contributed by atoms with Crippen LogP contribution in [0.4, 0.5) is 5.69 Å². The van der Waals surface area contributed by atoms with Crippen LogP contribution in [0.2, 0.25) is 0 Å². The topological polar surface area (TPSA) is 41.6 Å². The van der Waals surface area contributed by atoms with Crippen molar-refractivity contribution < 1.29 is 9.53 Å². The molecule has 4 nitrogen and oxygen atoms in total. The Morgan fingerprint density at radius 1 is 1.10 bits per heavy atom. The van der Waals surface area contributed by atoms with Gasteiger partial charge in [0, 0.05) is 24.2 Å². The zero-order valence-electron chi connectivity index (χ0n) is 18.3. The number of nitrogens with one attached hydrogen (secondary N) is 1. The second kappa shape index (κ2) is 9.08. The average Bonchev–Trinajstić information content (AvgIpc) is 3.16. The zero-order chi connectivity index (χ0) is 19.8. The van der Waals surface area contributed by atoms with Gasteiger partial charge in [-0.1, -0.05) is 6.07 Å². The predicted octanol–water partition coefficient (Wildman–Crippen LogP) is 5.44. The number of carbonyl (C=O) groups is 1. The van der Waals surface area contributed by atoms with E-state index < -0.39 is 0 Å². The van der Waals surface area contributed by atoms with Crippen LogP contribution >= 0.6 is 12.4 Å². The molecule has 0 aromatic heterocycles. The minimum Gasteiger partial charge on any atom is -0.492 e. The summed E-state index contributed by atoms with van der Waals surface area (Å²) in [7, 11) is 0. The molecule has 166 valence electrons. The first-order valence-electron chi connectivity index (χ1n) is 11.8. The Kier molecular flexibility index (Phi) is 6.64. The molecule has 0 atom stereocenters. The number of hydrogen-bond donors (Lipinski definition) is 1. The highest BCUT2D eigenvalue weighted by molar-refractivity contribution is 5.92. The molecule has 1 heterocycles. The van der Waals surface area contributed by atoms with Gasteiger partial charge in [0.2, 0.25) is 5.91 Å². The number of ether oxygens (including phenoxy) is 1. The fourth-order valence-electron chi connectivity index (χ4n) is 7.24. The minimum atomic E-state index is 0. The Morgan fingerprint density at radius 3 is 2.37 bits per heavy atom. The number of amides is 1. The van der Waals surface area contributed by atoms with Gasteiger partial charge in [-0.25, -0.2) is 0 Å². The number of rotatable bonds is 7. The van der Waals surface area contributed by atoms with Crippen molar-refractivity contribution in [1.29, 1.82) is 0 Å². The largest absolute Gasteiger partial charge is 0.492 e. The number of anilines is 1. The van der Waals surface area contributed by atoms with Crippen molar-refractivity contribution in [2.24, 2.45) is 23.2 Å². The van der Waals surface area contributed by atoms with Crippen molar-refractivity contribution in [3.05, 3.63) is 23.8 Å². The lowest BCUT2D eigenvalue weighted by atomic mass is 9.49. The molecule has 5 heteroatoms. The van der Waals surface area contributed by atoms with Crippen LogP contribution < -0.4 is 10.1 Å². The van der Waals surface area contributed by atoms with Gasteiger partial charge in [-0.3, -0.25) is 9.69 Å². The summed E-state index contributed by atoms with van der Waals surface area (Å²) in [6.07, 6.45) is 11.5. The fourth-order valence-corrected chi connectivity index (χ4v) is 7.24. The van der Waals surface area contributed by atoms with E-state index in [1.165, 1.54) is 64.5 Å². The minimum absolute atomic E-state index is 0. The van der Waals surface area contributed by atoms with E-state index in [-0.39, 0.29) is 23.7 Å². The lowest BCUT2D eigenvalue weighted by Crippen LogP contribution is -2.47. The number of likely N-dealkylation sites (tertiary alicyclic amines) is 1. The molecule has 1 saturated heterocycles. The maximum absolute atomic E-state index is 13.0. The highest BCUT2D eigenvalue weighted by Crippen LogP contribution is 2.61. The van der Waals surface area contributed by atoms with Crippen LogP contribution in [0.1, 0.15) is 63.4 Å². The molecule has 1 aliphatic heterocycles. The SMILES string of the molecule is Cc1c(NC(=O)CC23CC4CC(CC(C4)C2)C3)cccc1OCCN1CCCC1.Cl. The molecule has 0 unspecified atom stereocenters. The molecule has 4 saturated carbocycles. The molecule has 1 aromatic rings. The number of benzene rings is 1. The van der Waals surface area contributed by atoms with E-state index in [9.17, 15) is 4.79 Å². The summed E-state index contributed by atoms with van der Waals surface area (Å²) in [5.74, 6) is 3.77. The third kappa shape index (κ3) is 4.65. The van der Waals surface area contributed by atoms with Gasteiger partial charge in [-0.15, -0.1) is 12.4 Å². The van der Waals surface area contributed by atoms with E-state index in [2.05, 4.69) is 17.1 Å². The van der Waals surface area contributed by atoms with Crippen LogP contribution in [-0.4, -0.2) is 37.0 Å². The Balaban J connectivity index is 0.00000218. The van der Waals surface area contributed by atoms with Crippen LogP contribution in [0, 0.1) is 30.1 Å². The number of nitrogens with zero attached hydrogens (tertiary/aromatic N) is 1. The summed E-state index contributed by atoms with van der Waals surface area (Å²) in [6.45, 7) is 6.16. The summed E-state index contributed by atoms with van der Waals surface area (Å²) >= 11 is 0. The molecule has 30 heavy (non-hydrogen) atoms. The molecule has 1 N–H and O–H groups in total. The molecule has 1 amide bonds. The monoisotopic (exact) mass is 432 g/mol. The van der Waals surface area contributed by atoms with Gasteiger partial charge in [0.1, 0.15) is 12.4 Å². The Hall–Kier alpha value is -1.26. The first-order valence-corrected chi connectivity index (χ1v) is 11.8. The van der Waals surface area contributed by atoms with E-state index >= 15 is 0 Å². The Bertz CT molecular complexity index is 724. The normalized spacial score (nSPS) is 32.1. The lowest BCUT2D eigenvalue weighted by molar-refractivity contribution is -0.124. The average molecular weight is 433 g/mol. The van der Waals surface area contributed by atoms with Gasteiger partial charge in [0.15, 0.2) is 0 Å². The first kappa shape index (κ1) is 22.0. The fraction of sp³-hybridized carbons (Fsp3) is 0.720. The molecular weight excluding hydrogens is 396 g/mol. The first-order chi connectivity index (χ1) is 14.1. The van der Waals surface area contributed by atoms with Crippen molar-refractivity contribution in [2.75, 3.05) is 31.6 Å². The third-order valence-electron chi connectivity index (χ3n) is 8.12. The van der Waals surface area contributed by atoms with E-state index in [4.69, 9.17) is 4.74 Å². The highest BCUT2D eigenvalue weighted by Gasteiger charge is 2.51. The highest BCUT2D eigenvalue weighted by atomic mass is 35.5. The summed E-state index contributed by atoms with van der Waals surface area (Å²) in [4.78, 5) is 15.5. The molecule has 0 radical (unpaired) electrons. The predicted molar refractivity (Wildman–Crippen MR) is 123 cm³/mol. The summed E-state index contributed by atoms with van der Waals surface area (Å²) in [5.41, 5.74) is 2.25. The Labute approximate surface area is 187 Å². The molecule has 4 aliphatic carbocycles. The maximum Gasteiger partial charge on any atom is 0.224 e. The summed E-state index contributed by atoms with van der Waals surface area (Å²) in [6, 6.07) is 6.03. The molecular formula is C25H37ClN2O2. The van der Waals surface area contributed by atoms with Gasteiger partial charge in [-0.05, 0) is 107 Å². The van der Waals surface area contributed by atoms with Crippen molar-refractivity contribution in [1.82, 2.24) is 4.90 Å². The molecule has 4 bridgehead atoms. The number of carbonyl (C=O) groups excluding carboxylic acids is 1. The van der Waals surface area contributed by atoms with Gasteiger partial charge in [0.25, 0.3) is 0 Å². The standard InChI is InChI=1S/C25H36N2O2.ClH/c1-18-22(5-4-6-23(18)29-10-9-27-7-2-3-8-27)26-24(28)17-25-14-19-11-20(15-25)13-21(12-19)16-25;/h4-6,19-21H,2-3,7-17H2,1H3,(H,26,28);1H. The molecule has 1 aromatic carbocycles. The molecule has 5 fully saturated rings. The quantitative estimate of drug-likeness (QED) is 0.624. The van der Waals surface area contributed by atoms with Crippen molar-refractivity contribution in [2.45, 2.75) is 64.7 Å². The van der Waals surface area contributed by atoms with Crippen LogP contribution in [-0.2, 0) is 4.79 Å². The van der Waals surface area contributed by atoms with Gasteiger partial charge in [0.05, 0.1) is 0 Å². The van der Waals surface area contributed by atoms with Crippen molar-refractivity contribution >= 4 is 24.0 Å². The molecule has 0 spiro atoms. The Morgan fingerprint density at radius 2 is 1.73 bits per heavy atom. The van der Waals surface area contributed by atoms with E-state index in [0.717, 1.165) is 41.3 Å². The van der Waals surface area contributed by atoms with Crippen LogP contribution in [0.15, 0.2) is 18.2 Å².